The quantitative estimate of drug-likeness (QED) is 0.286. The largest absolute Gasteiger partial charge is 0.454 e. The van der Waals surface area contributed by atoms with Crippen molar-refractivity contribution in [2.45, 2.75) is 26.9 Å². The van der Waals surface area contributed by atoms with Crippen molar-refractivity contribution < 1.29 is 13.5 Å². The van der Waals surface area contributed by atoms with Crippen LogP contribution >= 0.6 is 24.0 Å². The molecule has 1 aromatic heterocycles. The molecule has 0 saturated heterocycles. The average Bonchev–Trinajstić information content (AvgIpc) is 3.02. The Morgan fingerprint density at radius 3 is 2.34 bits per heavy atom. The zero-order chi connectivity index (χ0) is 19.9. The predicted octanol–water partition coefficient (Wildman–Crippen LogP) is 4.71. The first-order valence-electron chi connectivity index (χ1n) is 8.94. The predicted molar refractivity (Wildman–Crippen MR) is 121 cm³/mol. The van der Waals surface area contributed by atoms with E-state index in [1.807, 2.05) is 32.0 Å². The number of benzene rings is 2. The standard InChI is InChI=1S/C21H23FN4O2.HI/c1-14-15(2)27-20(26-14)13-25-21(23-3)24-12-16-8-4-6-10-18(16)28-19-11-7-5-9-17(19)22;/h4-11H,12-13H2,1-3H3,(H2,23,24,25);1H. The van der Waals surface area contributed by atoms with Crippen molar-refractivity contribution in [2.24, 2.45) is 4.99 Å². The smallest absolute Gasteiger partial charge is 0.214 e. The normalized spacial score (nSPS) is 11.0. The van der Waals surface area contributed by atoms with Crippen molar-refractivity contribution in [2.75, 3.05) is 7.05 Å². The average molecular weight is 510 g/mol. The fourth-order valence-corrected chi connectivity index (χ4v) is 2.57. The van der Waals surface area contributed by atoms with Gasteiger partial charge >= 0.3 is 0 Å². The highest BCUT2D eigenvalue weighted by atomic mass is 127. The number of nitrogens with one attached hydrogen (secondary N) is 2. The number of halogens is 2. The second-order valence-corrected chi connectivity index (χ2v) is 6.17. The van der Waals surface area contributed by atoms with Crippen LogP contribution in [0.3, 0.4) is 0 Å². The molecule has 2 aromatic carbocycles. The fourth-order valence-electron chi connectivity index (χ4n) is 2.57. The van der Waals surface area contributed by atoms with Crippen LogP contribution in [0.4, 0.5) is 4.39 Å². The first kappa shape index (κ1) is 22.7. The molecule has 3 aromatic rings. The Morgan fingerprint density at radius 2 is 1.69 bits per heavy atom. The summed E-state index contributed by atoms with van der Waals surface area (Å²) in [7, 11) is 1.68. The third-order valence-corrected chi connectivity index (χ3v) is 4.18. The zero-order valence-corrected chi connectivity index (χ0v) is 18.9. The highest BCUT2D eigenvalue weighted by Crippen LogP contribution is 2.27. The molecule has 8 heteroatoms. The van der Waals surface area contributed by atoms with E-state index >= 15 is 0 Å². The summed E-state index contributed by atoms with van der Waals surface area (Å²) in [4.78, 5) is 8.54. The van der Waals surface area contributed by atoms with Crippen molar-refractivity contribution in [3.8, 4) is 11.5 Å². The number of ether oxygens (including phenoxy) is 1. The molecule has 0 spiro atoms. The summed E-state index contributed by atoms with van der Waals surface area (Å²) in [6.45, 7) is 4.66. The topological polar surface area (TPSA) is 71.7 Å². The van der Waals surface area contributed by atoms with Gasteiger partial charge in [-0.2, -0.15) is 0 Å². The van der Waals surface area contributed by atoms with E-state index in [0.29, 0.717) is 30.7 Å². The number of hydrogen-bond donors (Lipinski definition) is 2. The number of para-hydroxylation sites is 2. The van der Waals surface area contributed by atoms with Crippen LogP contribution < -0.4 is 15.4 Å². The molecule has 0 saturated carbocycles. The van der Waals surface area contributed by atoms with Gasteiger partial charge in [0.1, 0.15) is 11.5 Å². The fraction of sp³-hybridized carbons (Fsp3) is 0.238. The van der Waals surface area contributed by atoms with Gasteiger partial charge in [0, 0.05) is 19.2 Å². The summed E-state index contributed by atoms with van der Waals surface area (Å²) < 4.78 is 25.2. The molecule has 0 aliphatic heterocycles. The Bertz CT molecular complexity index is 955. The highest BCUT2D eigenvalue weighted by molar-refractivity contribution is 14.0. The first-order valence-corrected chi connectivity index (χ1v) is 8.94. The molecular weight excluding hydrogens is 486 g/mol. The minimum Gasteiger partial charge on any atom is -0.454 e. The molecule has 2 N–H and O–H groups in total. The van der Waals surface area contributed by atoms with E-state index in [2.05, 4.69) is 20.6 Å². The van der Waals surface area contributed by atoms with Gasteiger partial charge in [0.05, 0.1) is 12.2 Å². The molecule has 0 aliphatic rings. The summed E-state index contributed by atoms with van der Waals surface area (Å²) in [5, 5.41) is 6.37. The Balaban J connectivity index is 0.00000300. The van der Waals surface area contributed by atoms with Crippen molar-refractivity contribution in [1.29, 1.82) is 0 Å². The maximum atomic E-state index is 13.9. The van der Waals surface area contributed by atoms with E-state index in [1.165, 1.54) is 6.07 Å². The Labute approximate surface area is 186 Å². The monoisotopic (exact) mass is 510 g/mol. The van der Waals surface area contributed by atoms with Crippen molar-refractivity contribution >= 4 is 29.9 Å². The third-order valence-electron chi connectivity index (χ3n) is 4.18. The number of aliphatic imine (C=N–C) groups is 1. The van der Waals surface area contributed by atoms with Gasteiger partial charge < -0.3 is 19.8 Å². The second kappa shape index (κ2) is 10.8. The molecular formula is C21H24FIN4O2. The van der Waals surface area contributed by atoms with Crippen LogP contribution in [-0.2, 0) is 13.1 Å². The molecule has 0 bridgehead atoms. The number of rotatable bonds is 6. The van der Waals surface area contributed by atoms with Crippen LogP contribution in [0.1, 0.15) is 22.9 Å². The number of hydrogen-bond acceptors (Lipinski definition) is 4. The molecule has 0 atom stereocenters. The van der Waals surface area contributed by atoms with Gasteiger partial charge in [0.15, 0.2) is 17.5 Å². The summed E-state index contributed by atoms with van der Waals surface area (Å²) >= 11 is 0. The van der Waals surface area contributed by atoms with Crippen LogP contribution in [0.15, 0.2) is 57.9 Å². The SMILES string of the molecule is CN=C(NCc1nc(C)c(C)o1)NCc1ccccc1Oc1ccccc1F.I. The lowest BCUT2D eigenvalue weighted by Crippen LogP contribution is -2.36. The molecule has 3 rings (SSSR count). The lowest BCUT2D eigenvalue weighted by Gasteiger charge is -2.14. The van der Waals surface area contributed by atoms with Gasteiger partial charge in [-0.1, -0.05) is 30.3 Å². The summed E-state index contributed by atoms with van der Waals surface area (Å²) in [5.74, 6) is 2.36. The Hall–Kier alpha value is -2.62. The minimum absolute atomic E-state index is 0. The molecule has 29 heavy (non-hydrogen) atoms. The molecule has 1 heterocycles. The number of aromatic nitrogens is 1. The number of guanidine groups is 1. The summed E-state index contributed by atoms with van der Waals surface area (Å²) in [6, 6.07) is 13.8. The van der Waals surface area contributed by atoms with Crippen LogP contribution in [0, 0.1) is 19.7 Å². The van der Waals surface area contributed by atoms with Gasteiger partial charge in [-0.3, -0.25) is 4.99 Å². The van der Waals surface area contributed by atoms with E-state index in [-0.39, 0.29) is 29.7 Å². The van der Waals surface area contributed by atoms with Crippen molar-refractivity contribution in [3.05, 3.63) is 77.3 Å². The minimum atomic E-state index is -0.403. The van der Waals surface area contributed by atoms with Crippen LogP contribution in [0.2, 0.25) is 0 Å². The van der Waals surface area contributed by atoms with E-state index in [0.717, 1.165) is 17.0 Å². The van der Waals surface area contributed by atoms with Crippen LogP contribution in [0.5, 0.6) is 11.5 Å². The summed E-state index contributed by atoms with van der Waals surface area (Å²) in [6.07, 6.45) is 0. The number of oxazole rings is 1. The first-order chi connectivity index (χ1) is 13.6. The lowest BCUT2D eigenvalue weighted by atomic mass is 10.2. The van der Waals surface area contributed by atoms with Crippen LogP contribution in [0.25, 0.3) is 0 Å². The molecule has 0 fully saturated rings. The molecule has 0 aliphatic carbocycles. The van der Waals surface area contributed by atoms with E-state index in [4.69, 9.17) is 9.15 Å². The van der Waals surface area contributed by atoms with E-state index in [1.54, 1.807) is 31.3 Å². The van der Waals surface area contributed by atoms with Gasteiger partial charge in [-0.15, -0.1) is 24.0 Å². The molecule has 0 unspecified atom stereocenters. The Kier molecular flexibility index (Phi) is 8.44. The van der Waals surface area contributed by atoms with Gasteiger partial charge in [0.25, 0.3) is 0 Å². The summed E-state index contributed by atoms with van der Waals surface area (Å²) in [5.41, 5.74) is 1.75. The lowest BCUT2D eigenvalue weighted by molar-refractivity contribution is 0.437. The molecule has 6 nitrogen and oxygen atoms in total. The van der Waals surface area contributed by atoms with Gasteiger partial charge in [-0.25, -0.2) is 9.37 Å². The van der Waals surface area contributed by atoms with Gasteiger partial charge in [-0.05, 0) is 32.0 Å². The molecule has 154 valence electrons. The van der Waals surface area contributed by atoms with Gasteiger partial charge in [0.2, 0.25) is 5.89 Å². The second-order valence-electron chi connectivity index (χ2n) is 6.17. The molecule has 0 amide bonds. The highest BCUT2D eigenvalue weighted by Gasteiger charge is 2.10. The van der Waals surface area contributed by atoms with E-state index in [9.17, 15) is 4.39 Å². The van der Waals surface area contributed by atoms with Crippen molar-refractivity contribution in [3.63, 3.8) is 0 Å². The molecule has 0 radical (unpaired) electrons. The Morgan fingerprint density at radius 1 is 1.03 bits per heavy atom. The van der Waals surface area contributed by atoms with Crippen LogP contribution in [-0.4, -0.2) is 18.0 Å². The zero-order valence-electron chi connectivity index (χ0n) is 16.5. The number of nitrogens with zero attached hydrogens (tertiary/aromatic N) is 2. The third kappa shape index (κ3) is 6.18. The van der Waals surface area contributed by atoms with Crippen molar-refractivity contribution in [1.82, 2.24) is 15.6 Å². The van der Waals surface area contributed by atoms with E-state index < -0.39 is 5.82 Å². The number of aryl methyl sites for hydroxylation is 2. The maximum absolute atomic E-state index is 13.9. The maximum Gasteiger partial charge on any atom is 0.214 e.